The van der Waals surface area contributed by atoms with E-state index in [2.05, 4.69) is 48.9 Å². The molecular weight excluding hydrogens is 210 g/mol. The van der Waals surface area contributed by atoms with Crippen molar-refractivity contribution in [2.45, 2.75) is 72.0 Å². The summed E-state index contributed by atoms with van der Waals surface area (Å²) in [6.45, 7) is 9.88. The molecule has 0 saturated heterocycles. The van der Waals surface area contributed by atoms with E-state index in [1.165, 1.54) is 25.0 Å². The van der Waals surface area contributed by atoms with Crippen LogP contribution in [0.1, 0.15) is 65.1 Å². The fourth-order valence-corrected chi connectivity index (χ4v) is 2.16. The van der Waals surface area contributed by atoms with Crippen molar-refractivity contribution in [1.82, 2.24) is 15.1 Å². The van der Waals surface area contributed by atoms with E-state index in [-0.39, 0.29) is 0 Å². The average molecular weight is 237 g/mol. The smallest absolute Gasteiger partial charge is 0.0553 e. The van der Waals surface area contributed by atoms with Crippen LogP contribution in [0, 0.1) is 0 Å². The number of rotatable bonds is 8. The average Bonchev–Trinajstić information content (AvgIpc) is 2.72. The fourth-order valence-electron chi connectivity index (χ4n) is 2.16. The van der Waals surface area contributed by atoms with Crippen LogP contribution in [0.15, 0.2) is 12.3 Å². The maximum Gasteiger partial charge on any atom is 0.0553 e. The van der Waals surface area contributed by atoms with Crippen molar-refractivity contribution in [3.05, 3.63) is 18.0 Å². The van der Waals surface area contributed by atoms with Gasteiger partial charge < -0.3 is 5.32 Å². The summed E-state index contributed by atoms with van der Waals surface area (Å²) in [4.78, 5) is 0. The van der Waals surface area contributed by atoms with Crippen LogP contribution in [-0.2, 0) is 6.54 Å². The molecule has 0 aliphatic rings. The first kappa shape index (κ1) is 14.2. The molecule has 17 heavy (non-hydrogen) atoms. The van der Waals surface area contributed by atoms with Crippen molar-refractivity contribution in [2.24, 2.45) is 0 Å². The van der Waals surface area contributed by atoms with Gasteiger partial charge in [-0.05, 0) is 18.9 Å². The second kappa shape index (κ2) is 7.49. The molecule has 0 bridgehead atoms. The van der Waals surface area contributed by atoms with E-state index < -0.39 is 0 Å². The van der Waals surface area contributed by atoms with Crippen LogP contribution in [0.3, 0.4) is 0 Å². The Bertz CT molecular complexity index is 304. The van der Waals surface area contributed by atoms with Gasteiger partial charge in [-0.15, -0.1) is 0 Å². The topological polar surface area (TPSA) is 29.9 Å². The van der Waals surface area contributed by atoms with Gasteiger partial charge in [0, 0.05) is 24.8 Å². The Morgan fingerprint density at radius 3 is 2.65 bits per heavy atom. The SMILES string of the molecule is CCCCC(NC(C)C)c1ccnn1CCC. The molecule has 0 aliphatic carbocycles. The predicted octanol–water partition coefficient (Wildman–Crippen LogP) is 3.52. The molecule has 3 nitrogen and oxygen atoms in total. The van der Waals surface area contributed by atoms with Crippen molar-refractivity contribution in [1.29, 1.82) is 0 Å². The molecule has 0 spiro atoms. The largest absolute Gasteiger partial charge is 0.306 e. The third-order valence-electron chi connectivity index (χ3n) is 2.92. The standard InChI is InChI=1S/C14H27N3/c1-5-7-8-13(16-12(3)4)14-9-10-15-17(14)11-6-2/h9-10,12-13,16H,5-8,11H2,1-4H3. The summed E-state index contributed by atoms with van der Waals surface area (Å²) < 4.78 is 2.15. The molecule has 1 N–H and O–H groups in total. The van der Waals surface area contributed by atoms with Gasteiger partial charge in [0.05, 0.1) is 5.69 Å². The Hall–Kier alpha value is -0.830. The first-order chi connectivity index (χ1) is 8.19. The van der Waals surface area contributed by atoms with Crippen molar-refractivity contribution in [2.75, 3.05) is 0 Å². The highest BCUT2D eigenvalue weighted by Gasteiger charge is 2.16. The first-order valence-corrected chi connectivity index (χ1v) is 6.96. The highest BCUT2D eigenvalue weighted by Crippen LogP contribution is 2.20. The van der Waals surface area contributed by atoms with Crippen LogP contribution in [0.5, 0.6) is 0 Å². The molecule has 0 saturated carbocycles. The van der Waals surface area contributed by atoms with E-state index in [0.717, 1.165) is 13.0 Å². The number of hydrogen-bond acceptors (Lipinski definition) is 2. The number of aryl methyl sites for hydroxylation is 1. The van der Waals surface area contributed by atoms with E-state index in [0.29, 0.717) is 12.1 Å². The Morgan fingerprint density at radius 1 is 1.29 bits per heavy atom. The fraction of sp³-hybridized carbons (Fsp3) is 0.786. The molecule has 98 valence electrons. The van der Waals surface area contributed by atoms with Gasteiger partial charge in [-0.25, -0.2) is 0 Å². The molecule has 0 amide bonds. The van der Waals surface area contributed by atoms with Crippen LogP contribution in [-0.4, -0.2) is 15.8 Å². The molecule has 0 radical (unpaired) electrons. The van der Waals surface area contributed by atoms with Crippen LogP contribution >= 0.6 is 0 Å². The van der Waals surface area contributed by atoms with Gasteiger partial charge in [-0.3, -0.25) is 4.68 Å². The predicted molar refractivity (Wildman–Crippen MR) is 73.1 cm³/mol. The molecule has 1 unspecified atom stereocenters. The lowest BCUT2D eigenvalue weighted by Gasteiger charge is -2.22. The monoisotopic (exact) mass is 237 g/mol. The molecule has 1 rings (SSSR count). The number of nitrogens with zero attached hydrogens (tertiary/aromatic N) is 2. The molecule has 3 heteroatoms. The molecule has 1 heterocycles. The Labute approximate surface area is 106 Å². The van der Waals surface area contributed by atoms with Crippen molar-refractivity contribution >= 4 is 0 Å². The zero-order valence-electron chi connectivity index (χ0n) is 11.7. The molecule has 0 aliphatic heterocycles. The number of nitrogens with one attached hydrogen (secondary N) is 1. The highest BCUT2D eigenvalue weighted by molar-refractivity contribution is 5.07. The molecule has 0 fully saturated rings. The van der Waals surface area contributed by atoms with Crippen molar-refractivity contribution < 1.29 is 0 Å². The van der Waals surface area contributed by atoms with Crippen molar-refractivity contribution in [3.8, 4) is 0 Å². The highest BCUT2D eigenvalue weighted by atomic mass is 15.3. The Balaban J connectivity index is 2.75. The Morgan fingerprint density at radius 2 is 2.06 bits per heavy atom. The normalized spacial score (nSPS) is 13.2. The van der Waals surface area contributed by atoms with Gasteiger partial charge in [0.2, 0.25) is 0 Å². The number of unbranched alkanes of at least 4 members (excludes halogenated alkanes) is 1. The molecule has 0 aromatic carbocycles. The molecular formula is C14H27N3. The third-order valence-corrected chi connectivity index (χ3v) is 2.92. The molecule has 1 atom stereocenters. The minimum absolute atomic E-state index is 0.448. The minimum atomic E-state index is 0.448. The molecule has 1 aromatic heterocycles. The van der Waals surface area contributed by atoms with E-state index in [9.17, 15) is 0 Å². The lowest BCUT2D eigenvalue weighted by atomic mass is 10.1. The quantitative estimate of drug-likeness (QED) is 0.749. The van der Waals surface area contributed by atoms with Crippen LogP contribution < -0.4 is 5.32 Å². The van der Waals surface area contributed by atoms with E-state index in [4.69, 9.17) is 0 Å². The van der Waals surface area contributed by atoms with Gasteiger partial charge >= 0.3 is 0 Å². The number of hydrogen-bond donors (Lipinski definition) is 1. The summed E-state index contributed by atoms with van der Waals surface area (Å²) in [7, 11) is 0. The zero-order chi connectivity index (χ0) is 12.7. The summed E-state index contributed by atoms with van der Waals surface area (Å²) in [6, 6.07) is 3.12. The van der Waals surface area contributed by atoms with Gasteiger partial charge in [0.15, 0.2) is 0 Å². The van der Waals surface area contributed by atoms with Gasteiger partial charge in [-0.2, -0.15) is 5.10 Å². The first-order valence-electron chi connectivity index (χ1n) is 6.96. The lowest BCUT2D eigenvalue weighted by Crippen LogP contribution is -2.30. The minimum Gasteiger partial charge on any atom is -0.306 e. The summed E-state index contributed by atoms with van der Waals surface area (Å²) in [5.74, 6) is 0. The number of aromatic nitrogens is 2. The summed E-state index contributed by atoms with van der Waals surface area (Å²) in [6.07, 6.45) is 6.77. The van der Waals surface area contributed by atoms with Crippen LogP contribution in [0.25, 0.3) is 0 Å². The second-order valence-corrected chi connectivity index (χ2v) is 5.00. The summed E-state index contributed by atoms with van der Waals surface area (Å²) in [5.41, 5.74) is 1.34. The second-order valence-electron chi connectivity index (χ2n) is 5.00. The van der Waals surface area contributed by atoms with Crippen molar-refractivity contribution in [3.63, 3.8) is 0 Å². The van der Waals surface area contributed by atoms with E-state index in [1.807, 2.05) is 6.20 Å². The van der Waals surface area contributed by atoms with Gasteiger partial charge in [-0.1, -0.05) is 40.5 Å². The maximum absolute atomic E-state index is 4.42. The third kappa shape index (κ3) is 4.50. The van der Waals surface area contributed by atoms with Gasteiger partial charge in [0.25, 0.3) is 0 Å². The lowest BCUT2D eigenvalue weighted by molar-refractivity contribution is 0.407. The van der Waals surface area contributed by atoms with E-state index >= 15 is 0 Å². The van der Waals surface area contributed by atoms with Gasteiger partial charge in [0.1, 0.15) is 0 Å². The zero-order valence-corrected chi connectivity index (χ0v) is 11.7. The van der Waals surface area contributed by atoms with Crippen LogP contribution in [0.4, 0.5) is 0 Å². The van der Waals surface area contributed by atoms with Crippen LogP contribution in [0.2, 0.25) is 0 Å². The maximum atomic E-state index is 4.42. The van der Waals surface area contributed by atoms with E-state index in [1.54, 1.807) is 0 Å². The summed E-state index contributed by atoms with van der Waals surface area (Å²) >= 11 is 0. The molecule has 1 aromatic rings. The summed E-state index contributed by atoms with van der Waals surface area (Å²) in [5, 5.41) is 8.07. The Kier molecular flexibility index (Phi) is 6.27.